The van der Waals surface area contributed by atoms with Crippen molar-refractivity contribution in [1.82, 2.24) is 15.5 Å². The van der Waals surface area contributed by atoms with Crippen LogP contribution in [0.3, 0.4) is 0 Å². The first kappa shape index (κ1) is 22.3. The number of halogens is 1. The zero-order valence-corrected chi connectivity index (χ0v) is 19.2. The molecule has 27 heavy (non-hydrogen) atoms. The van der Waals surface area contributed by atoms with Crippen molar-refractivity contribution >= 4 is 29.9 Å². The number of aliphatic imine (C=N–C) groups is 1. The van der Waals surface area contributed by atoms with Crippen LogP contribution in [0.15, 0.2) is 29.3 Å². The van der Waals surface area contributed by atoms with E-state index >= 15 is 0 Å². The minimum Gasteiger partial charge on any atom is -0.497 e. The molecule has 2 unspecified atom stereocenters. The molecule has 5 nitrogen and oxygen atoms in total. The number of benzene rings is 1. The Morgan fingerprint density at radius 1 is 1.22 bits per heavy atom. The molecule has 3 rings (SSSR count). The number of nitrogens with one attached hydrogen (secondary N) is 2. The normalized spacial score (nSPS) is 21.4. The number of methoxy groups -OCH3 is 1. The number of hydrogen-bond acceptors (Lipinski definition) is 3. The van der Waals surface area contributed by atoms with Gasteiger partial charge in [-0.3, -0.25) is 4.99 Å². The molecule has 2 N–H and O–H groups in total. The van der Waals surface area contributed by atoms with E-state index in [0.717, 1.165) is 43.2 Å². The standard InChI is InChI=1S/C21H34N4O.HI/c1-16(18-4-8-20(26-3)9-5-18)10-12-23-21(22-2)24-14-17-11-13-25(15-17)19-6-7-19;/h4-5,8-9,16-17,19H,6-7,10-15H2,1-3H3,(H2,22,23,24);1H. The van der Waals surface area contributed by atoms with Gasteiger partial charge in [-0.15, -0.1) is 24.0 Å². The third-order valence-electron chi connectivity index (χ3n) is 5.72. The van der Waals surface area contributed by atoms with Crippen LogP contribution in [-0.2, 0) is 0 Å². The van der Waals surface area contributed by atoms with Gasteiger partial charge in [-0.1, -0.05) is 19.1 Å². The molecule has 2 aliphatic rings. The lowest BCUT2D eigenvalue weighted by molar-refractivity contribution is 0.314. The van der Waals surface area contributed by atoms with Crippen molar-refractivity contribution in [3.8, 4) is 5.75 Å². The van der Waals surface area contributed by atoms with Gasteiger partial charge in [-0.2, -0.15) is 0 Å². The lowest BCUT2D eigenvalue weighted by Gasteiger charge is -2.18. The van der Waals surface area contributed by atoms with Crippen molar-refractivity contribution in [2.75, 3.05) is 40.3 Å². The lowest BCUT2D eigenvalue weighted by atomic mass is 9.98. The maximum absolute atomic E-state index is 5.23. The first-order valence-corrected chi connectivity index (χ1v) is 10.0. The summed E-state index contributed by atoms with van der Waals surface area (Å²) in [5.41, 5.74) is 1.35. The molecule has 2 fully saturated rings. The van der Waals surface area contributed by atoms with Crippen LogP contribution in [0.2, 0.25) is 0 Å². The van der Waals surface area contributed by atoms with Crippen LogP contribution in [0.5, 0.6) is 5.75 Å². The Hall–Kier alpha value is -1.02. The van der Waals surface area contributed by atoms with Crippen molar-refractivity contribution in [2.24, 2.45) is 10.9 Å². The van der Waals surface area contributed by atoms with Crippen LogP contribution in [0.1, 0.15) is 44.1 Å². The Bertz CT molecular complexity index is 588. The fourth-order valence-corrected chi connectivity index (χ4v) is 3.77. The van der Waals surface area contributed by atoms with E-state index < -0.39 is 0 Å². The van der Waals surface area contributed by atoms with Crippen LogP contribution in [-0.4, -0.2) is 57.2 Å². The molecule has 1 aromatic carbocycles. The van der Waals surface area contributed by atoms with Gasteiger partial charge in [0.05, 0.1) is 7.11 Å². The highest BCUT2D eigenvalue weighted by molar-refractivity contribution is 14.0. The molecule has 6 heteroatoms. The predicted octanol–water partition coefficient (Wildman–Crippen LogP) is 3.46. The van der Waals surface area contributed by atoms with Crippen molar-refractivity contribution in [1.29, 1.82) is 0 Å². The van der Waals surface area contributed by atoms with Gasteiger partial charge >= 0.3 is 0 Å². The largest absolute Gasteiger partial charge is 0.497 e. The van der Waals surface area contributed by atoms with Gasteiger partial charge in [-0.25, -0.2) is 0 Å². The fourth-order valence-electron chi connectivity index (χ4n) is 3.77. The molecule has 152 valence electrons. The van der Waals surface area contributed by atoms with Crippen LogP contribution in [0.4, 0.5) is 0 Å². The average Bonchev–Trinajstić information content (AvgIpc) is 3.42. The third kappa shape index (κ3) is 6.82. The van der Waals surface area contributed by atoms with E-state index in [0.29, 0.717) is 5.92 Å². The molecule has 0 radical (unpaired) electrons. The van der Waals surface area contributed by atoms with Gasteiger partial charge in [0.1, 0.15) is 5.75 Å². The molecule has 2 atom stereocenters. The fraction of sp³-hybridized carbons (Fsp3) is 0.667. The van der Waals surface area contributed by atoms with Crippen LogP contribution >= 0.6 is 24.0 Å². The van der Waals surface area contributed by atoms with E-state index in [2.05, 4.69) is 39.6 Å². The quantitative estimate of drug-likeness (QED) is 0.336. The second kappa shape index (κ2) is 11.1. The molecule has 1 heterocycles. The first-order chi connectivity index (χ1) is 12.7. The van der Waals surface area contributed by atoms with E-state index in [4.69, 9.17) is 4.74 Å². The van der Waals surface area contributed by atoms with Gasteiger partial charge in [0, 0.05) is 32.7 Å². The summed E-state index contributed by atoms with van der Waals surface area (Å²) in [4.78, 5) is 7.04. The number of guanidine groups is 1. The second-order valence-electron chi connectivity index (χ2n) is 7.72. The minimum absolute atomic E-state index is 0. The summed E-state index contributed by atoms with van der Waals surface area (Å²) < 4.78 is 5.23. The Morgan fingerprint density at radius 2 is 1.96 bits per heavy atom. The van der Waals surface area contributed by atoms with Gasteiger partial charge in [0.2, 0.25) is 0 Å². The summed E-state index contributed by atoms with van der Waals surface area (Å²) in [7, 11) is 3.56. The molecule has 0 amide bonds. The highest BCUT2D eigenvalue weighted by Crippen LogP contribution is 2.31. The van der Waals surface area contributed by atoms with Crippen LogP contribution in [0, 0.1) is 5.92 Å². The SMILES string of the molecule is CN=C(NCCC(C)c1ccc(OC)cc1)NCC1CCN(C2CC2)C1.I. The summed E-state index contributed by atoms with van der Waals surface area (Å²) in [5.74, 6) is 3.11. The Balaban J connectivity index is 0.00000261. The first-order valence-electron chi connectivity index (χ1n) is 10.0. The summed E-state index contributed by atoms with van der Waals surface area (Å²) >= 11 is 0. The molecular weight excluding hydrogens is 451 g/mol. The lowest BCUT2D eigenvalue weighted by Crippen LogP contribution is -2.40. The van der Waals surface area contributed by atoms with Crippen LogP contribution in [0.25, 0.3) is 0 Å². The molecular formula is C21H35IN4O. The number of likely N-dealkylation sites (tertiary alicyclic amines) is 1. The number of rotatable bonds is 8. The molecule has 1 saturated heterocycles. The molecule has 1 aliphatic heterocycles. The van der Waals surface area contributed by atoms with Crippen molar-refractivity contribution < 1.29 is 4.74 Å². The monoisotopic (exact) mass is 486 g/mol. The molecule has 0 bridgehead atoms. The number of hydrogen-bond donors (Lipinski definition) is 2. The van der Waals surface area contributed by atoms with Gasteiger partial charge in [0.25, 0.3) is 0 Å². The van der Waals surface area contributed by atoms with E-state index in [1.165, 1.54) is 37.9 Å². The zero-order valence-electron chi connectivity index (χ0n) is 16.9. The molecule has 0 spiro atoms. The van der Waals surface area contributed by atoms with Gasteiger partial charge < -0.3 is 20.3 Å². The smallest absolute Gasteiger partial charge is 0.190 e. The van der Waals surface area contributed by atoms with Gasteiger partial charge in [-0.05, 0) is 61.8 Å². The number of nitrogens with zero attached hydrogens (tertiary/aromatic N) is 2. The molecule has 0 aromatic heterocycles. The van der Waals surface area contributed by atoms with E-state index in [1.807, 2.05) is 19.2 Å². The topological polar surface area (TPSA) is 48.9 Å². The highest BCUT2D eigenvalue weighted by Gasteiger charge is 2.34. The zero-order chi connectivity index (χ0) is 18.4. The van der Waals surface area contributed by atoms with E-state index in [-0.39, 0.29) is 24.0 Å². The van der Waals surface area contributed by atoms with Crippen LogP contribution < -0.4 is 15.4 Å². The minimum atomic E-state index is 0. The van der Waals surface area contributed by atoms with Gasteiger partial charge in [0.15, 0.2) is 5.96 Å². The third-order valence-corrected chi connectivity index (χ3v) is 5.72. The highest BCUT2D eigenvalue weighted by atomic mass is 127. The Labute approximate surface area is 181 Å². The van der Waals surface area contributed by atoms with E-state index in [9.17, 15) is 0 Å². The van der Waals surface area contributed by atoms with E-state index in [1.54, 1.807) is 7.11 Å². The summed E-state index contributed by atoms with van der Waals surface area (Å²) in [6.45, 7) is 6.75. The second-order valence-corrected chi connectivity index (χ2v) is 7.72. The maximum atomic E-state index is 5.23. The average molecular weight is 486 g/mol. The summed E-state index contributed by atoms with van der Waals surface area (Å²) in [5, 5.41) is 6.98. The maximum Gasteiger partial charge on any atom is 0.190 e. The van der Waals surface area contributed by atoms with Crippen molar-refractivity contribution in [3.63, 3.8) is 0 Å². The Kier molecular flexibility index (Phi) is 9.15. The molecule has 1 saturated carbocycles. The Morgan fingerprint density at radius 3 is 2.59 bits per heavy atom. The van der Waals surface area contributed by atoms with Crippen molar-refractivity contribution in [3.05, 3.63) is 29.8 Å². The predicted molar refractivity (Wildman–Crippen MR) is 124 cm³/mol. The van der Waals surface area contributed by atoms with Crippen molar-refractivity contribution in [2.45, 2.75) is 44.6 Å². The summed E-state index contributed by atoms with van der Waals surface area (Å²) in [6.07, 6.45) is 5.21. The molecule has 1 aliphatic carbocycles. The summed E-state index contributed by atoms with van der Waals surface area (Å²) in [6, 6.07) is 9.28. The number of ether oxygens (including phenoxy) is 1. The molecule has 1 aromatic rings.